The Labute approximate surface area is 125 Å². The summed E-state index contributed by atoms with van der Waals surface area (Å²) in [6, 6.07) is 8.59. The fourth-order valence-corrected chi connectivity index (χ4v) is 1.92. The molecule has 0 aliphatic carbocycles. The van der Waals surface area contributed by atoms with Crippen LogP contribution >= 0.6 is 0 Å². The van der Waals surface area contributed by atoms with Gasteiger partial charge in [0.05, 0.1) is 12.7 Å². The average molecular weight is 296 g/mol. The zero-order valence-corrected chi connectivity index (χ0v) is 11.7. The van der Waals surface area contributed by atoms with Crippen LogP contribution in [0.15, 0.2) is 49.1 Å². The van der Waals surface area contributed by atoms with E-state index in [1.807, 2.05) is 0 Å². The van der Waals surface area contributed by atoms with Crippen molar-refractivity contribution in [3.05, 3.63) is 54.6 Å². The second-order valence-corrected chi connectivity index (χ2v) is 4.34. The number of rotatable bonds is 4. The number of anilines is 1. The first-order valence-corrected chi connectivity index (χ1v) is 6.40. The van der Waals surface area contributed by atoms with Crippen LogP contribution in [0.1, 0.15) is 10.4 Å². The van der Waals surface area contributed by atoms with Gasteiger partial charge in [0.15, 0.2) is 0 Å². The number of amides is 1. The molecule has 1 aromatic carbocycles. The Kier molecular flexibility index (Phi) is 3.73. The lowest BCUT2D eigenvalue weighted by Crippen LogP contribution is -2.12. The summed E-state index contributed by atoms with van der Waals surface area (Å²) in [5.41, 5.74) is 1.69. The Morgan fingerprint density at radius 3 is 2.91 bits per heavy atom. The van der Waals surface area contributed by atoms with Crippen molar-refractivity contribution in [2.24, 2.45) is 0 Å². The molecular weight excluding hydrogens is 284 g/mol. The second-order valence-electron chi connectivity index (χ2n) is 4.34. The number of methoxy groups -OCH3 is 1. The molecule has 0 unspecified atom stereocenters. The lowest BCUT2D eigenvalue weighted by atomic mass is 10.2. The van der Waals surface area contributed by atoms with Gasteiger partial charge in [-0.05, 0) is 40.8 Å². The Morgan fingerprint density at radius 1 is 1.32 bits per heavy atom. The molecule has 0 fully saturated rings. The van der Waals surface area contributed by atoms with E-state index < -0.39 is 0 Å². The largest absolute Gasteiger partial charge is 0.494 e. The highest BCUT2D eigenvalue weighted by Gasteiger charge is 2.11. The van der Waals surface area contributed by atoms with Gasteiger partial charge in [-0.3, -0.25) is 9.78 Å². The lowest BCUT2D eigenvalue weighted by molar-refractivity contribution is 0.102. The van der Waals surface area contributed by atoms with Gasteiger partial charge < -0.3 is 10.1 Å². The van der Waals surface area contributed by atoms with Crippen molar-refractivity contribution >= 4 is 11.6 Å². The molecule has 1 N–H and O–H groups in total. The van der Waals surface area contributed by atoms with Gasteiger partial charge in [-0.1, -0.05) is 0 Å². The van der Waals surface area contributed by atoms with Crippen molar-refractivity contribution in [3.63, 3.8) is 0 Å². The summed E-state index contributed by atoms with van der Waals surface area (Å²) >= 11 is 0. The number of nitrogens with zero attached hydrogens (tertiary/aromatic N) is 5. The normalized spacial score (nSPS) is 10.2. The van der Waals surface area contributed by atoms with Gasteiger partial charge in [-0.15, -0.1) is 5.10 Å². The first kappa shape index (κ1) is 13.7. The number of carbonyl (C=O) groups excluding carboxylic acids is 1. The monoisotopic (exact) mass is 296 g/mol. The summed E-state index contributed by atoms with van der Waals surface area (Å²) in [4.78, 5) is 16.1. The highest BCUT2D eigenvalue weighted by Crippen LogP contribution is 2.25. The van der Waals surface area contributed by atoms with Gasteiger partial charge >= 0.3 is 0 Å². The molecule has 3 rings (SSSR count). The molecule has 22 heavy (non-hydrogen) atoms. The van der Waals surface area contributed by atoms with E-state index in [1.54, 1.807) is 43.6 Å². The van der Waals surface area contributed by atoms with Crippen LogP contribution in [0, 0.1) is 0 Å². The van der Waals surface area contributed by atoms with Gasteiger partial charge in [-0.25, -0.2) is 0 Å². The standard InChI is InChI=1S/C14H12N6O2/c1-22-13-5-4-11(7-12(13)20-9-16-18-19-20)17-14(21)10-3-2-6-15-8-10/h2-9H,1H3,(H,17,21). The number of pyridine rings is 1. The number of hydrogen-bond donors (Lipinski definition) is 1. The molecule has 2 heterocycles. The maximum Gasteiger partial charge on any atom is 0.257 e. The van der Waals surface area contributed by atoms with Gasteiger partial charge in [0.25, 0.3) is 5.91 Å². The molecule has 1 amide bonds. The maximum absolute atomic E-state index is 12.1. The molecular formula is C14H12N6O2. The van der Waals surface area contributed by atoms with Crippen molar-refractivity contribution in [2.75, 3.05) is 12.4 Å². The van der Waals surface area contributed by atoms with Crippen LogP contribution in [0.25, 0.3) is 5.69 Å². The summed E-state index contributed by atoms with van der Waals surface area (Å²) in [6.45, 7) is 0. The van der Waals surface area contributed by atoms with Crippen molar-refractivity contribution in [2.45, 2.75) is 0 Å². The van der Waals surface area contributed by atoms with Crippen LogP contribution in [0.2, 0.25) is 0 Å². The third kappa shape index (κ3) is 2.75. The number of tetrazole rings is 1. The molecule has 0 atom stereocenters. The second kappa shape index (κ2) is 6.00. The highest BCUT2D eigenvalue weighted by atomic mass is 16.5. The van der Waals surface area contributed by atoms with E-state index in [9.17, 15) is 4.79 Å². The predicted molar refractivity (Wildman–Crippen MR) is 77.9 cm³/mol. The fourth-order valence-electron chi connectivity index (χ4n) is 1.92. The van der Waals surface area contributed by atoms with Crippen LogP contribution in [-0.2, 0) is 0 Å². The summed E-state index contributed by atoms with van der Waals surface area (Å²) in [6.07, 6.45) is 4.56. The van der Waals surface area contributed by atoms with Crippen molar-refractivity contribution in [3.8, 4) is 11.4 Å². The van der Waals surface area contributed by atoms with Crippen molar-refractivity contribution in [1.82, 2.24) is 25.2 Å². The van der Waals surface area contributed by atoms with Gasteiger partial charge in [0.2, 0.25) is 0 Å². The Bertz CT molecular complexity index is 773. The number of hydrogen-bond acceptors (Lipinski definition) is 6. The molecule has 0 aliphatic rings. The molecule has 2 aromatic heterocycles. The molecule has 0 spiro atoms. The van der Waals surface area contributed by atoms with E-state index in [0.717, 1.165) is 0 Å². The lowest BCUT2D eigenvalue weighted by Gasteiger charge is -2.10. The third-order valence-corrected chi connectivity index (χ3v) is 2.96. The smallest absolute Gasteiger partial charge is 0.257 e. The summed E-state index contributed by atoms with van der Waals surface area (Å²) < 4.78 is 6.73. The maximum atomic E-state index is 12.1. The van der Waals surface area contributed by atoms with E-state index in [1.165, 1.54) is 17.2 Å². The van der Waals surface area contributed by atoms with E-state index in [2.05, 4.69) is 25.8 Å². The molecule has 0 saturated carbocycles. The third-order valence-electron chi connectivity index (χ3n) is 2.96. The first-order valence-electron chi connectivity index (χ1n) is 6.40. The summed E-state index contributed by atoms with van der Waals surface area (Å²) in [7, 11) is 1.55. The molecule has 110 valence electrons. The van der Waals surface area contributed by atoms with Crippen LogP contribution in [0.3, 0.4) is 0 Å². The number of aromatic nitrogens is 5. The predicted octanol–water partition coefficient (Wildman–Crippen LogP) is 1.32. The summed E-state index contributed by atoms with van der Waals surface area (Å²) in [5, 5.41) is 13.8. The molecule has 8 nitrogen and oxygen atoms in total. The number of benzene rings is 1. The minimum Gasteiger partial charge on any atom is -0.494 e. The van der Waals surface area contributed by atoms with E-state index >= 15 is 0 Å². The minimum absolute atomic E-state index is 0.249. The van der Waals surface area contributed by atoms with Crippen molar-refractivity contribution in [1.29, 1.82) is 0 Å². The van der Waals surface area contributed by atoms with Gasteiger partial charge in [0, 0.05) is 18.1 Å². The molecule has 0 saturated heterocycles. The molecule has 8 heteroatoms. The van der Waals surface area contributed by atoms with Crippen LogP contribution in [0.4, 0.5) is 5.69 Å². The molecule has 0 radical (unpaired) electrons. The van der Waals surface area contributed by atoms with E-state index in [-0.39, 0.29) is 5.91 Å². The molecule has 3 aromatic rings. The Balaban J connectivity index is 1.89. The van der Waals surface area contributed by atoms with Crippen molar-refractivity contribution < 1.29 is 9.53 Å². The number of ether oxygens (including phenoxy) is 1. The fraction of sp³-hybridized carbons (Fsp3) is 0.0714. The zero-order chi connectivity index (χ0) is 15.4. The number of nitrogens with one attached hydrogen (secondary N) is 1. The quantitative estimate of drug-likeness (QED) is 0.780. The van der Waals surface area contributed by atoms with E-state index in [4.69, 9.17) is 4.74 Å². The number of carbonyl (C=O) groups is 1. The van der Waals surface area contributed by atoms with Crippen LogP contribution in [-0.4, -0.2) is 38.2 Å². The van der Waals surface area contributed by atoms with Gasteiger partial charge in [0.1, 0.15) is 17.8 Å². The molecule has 0 bridgehead atoms. The Hall–Kier alpha value is -3.29. The first-order chi connectivity index (χ1) is 10.8. The van der Waals surface area contributed by atoms with E-state index in [0.29, 0.717) is 22.7 Å². The van der Waals surface area contributed by atoms with Gasteiger partial charge in [-0.2, -0.15) is 4.68 Å². The van der Waals surface area contributed by atoms with Crippen LogP contribution < -0.4 is 10.1 Å². The highest BCUT2D eigenvalue weighted by molar-refractivity contribution is 6.04. The Morgan fingerprint density at radius 2 is 2.23 bits per heavy atom. The van der Waals surface area contributed by atoms with Crippen LogP contribution in [0.5, 0.6) is 5.75 Å². The summed E-state index contributed by atoms with van der Waals surface area (Å²) in [5.74, 6) is 0.340. The average Bonchev–Trinajstić information content (AvgIpc) is 3.10. The SMILES string of the molecule is COc1ccc(NC(=O)c2cccnc2)cc1-n1cnnn1. The molecule has 0 aliphatic heterocycles. The minimum atomic E-state index is -0.249. The zero-order valence-electron chi connectivity index (χ0n) is 11.7. The topological polar surface area (TPSA) is 94.8 Å².